The van der Waals surface area contributed by atoms with Crippen molar-refractivity contribution in [3.8, 4) is 0 Å². The van der Waals surface area contributed by atoms with Crippen LogP contribution in [0.25, 0.3) is 0 Å². The molecule has 0 radical (unpaired) electrons. The smallest absolute Gasteiger partial charge is 0.00966 e. The van der Waals surface area contributed by atoms with Crippen LogP contribution in [-0.2, 0) is 0 Å². The summed E-state index contributed by atoms with van der Waals surface area (Å²) in [6.45, 7) is 8.09. The topological polar surface area (TPSA) is 12.0 Å². The predicted octanol–water partition coefficient (Wildman–Crippen LogP) is 3.59. The Hall–Kier alpha value is -0.0400. The van der Waals surface area contributed by atoms with E-state index in [0.717, 1.165) is 17.8 Å². The Morgan fingerprint density at radius 1 is 1.00 bits per heavy atom. The van der Waals surface area contributed by atoms with E-state index in [1.165, 1.54) is 45.1 Å². The Bertz CT molecular complexity index is 200. The fourth-order valence-electron chi connectivity index (χ4n) is 3.07. The first kappa shape index (κ1) is 11.4. The quantitative estimate of drug-likeness (QED) is 0.749. The van der Waals surface area contributed by atoms with E-state index in [4.69, 9.17) is 0 Å². The molecular formula is C14H27N. The van der Waals surface area contributed by atoms with E-state index >= 15 is 0 Å². The van der Waals surface area contributed by atoms with Crippen molar-refractivity contribution in [2.45, 2.75) is 64.8 Å². The molecular weight excluding hydrogens is 182 g/mol. The van der Waals surface area contributed by atoms with Gasteiger partial charge in [0.15, 0.2) is 0 Å². The van der Waals surface area contributed by atoms with Gasteiger partial charge in [-0.1, -0.05) is 12.8 Å². The molecule has 88 valence electrons. The maximum Gasteiger partial charge on any atom is 0.00966 e. The fraction of sp³-hybridized carbons (Fsp3) is 1.00. The van der Waals surface area contributed by atoms with Gasteiger partial charge < -0.3 is 5.32 Å². The summed E-state index contributed by atoms with van der Waals surface area (Å²) in [5.74, 6) is 3.15. The molecule has 0 bridgehead atoms. The fourth-order valence-corrected chi connectivity index (χ4v) is 3.07. The van der Waals surface area contributed by atoms with Crippen molar-refractivity contribution in [3.63, 3.8) is 0 Å². The van der Waals surface area contributed by atoms with Gasteiger partial charge in [-0.2, -0.15) is 0 Å². The highest BCUT2D eigenvalue weighted by atomic mass is 14.9. The molecule has 2 atom stereocenters. The van der Waals surface area contributed by atoms with Crippen LogP contribution >= 0.6 is 0 Å². The summed E-state index contributed by atoms with van der Waals surface area (Å²) >= 11 is 0. The van der Waals surface area contributed by atoms with Crippen molar-refractivity contribution in [2.75, 3.05) is 6.54 Å². The Balaban J connectivity index is 1.82. The molecule has 1 N–H and O–H groups in total. The Kier molecular flexibility index (Phi) is 3.39. The zero-order chi connectivity index (χ0) is 10.9. The van der Waals surface area contributed by atoms with Crippen LogP contribution in [-0.4, -0.2) is 12.1 Å². The second kappa shape index (κ2) is 4.45. The zero-order valence-corrected chi connectivity index (χ0v) is 10.7. The monoisotopic (exact) mass is 209 g/mol. The average molecular weight is 209 g/mol. The normalized spacial score (nSPS) is 33.0. The second-order valence-electron chi connectivity index (χ2n) is 6.68. The molecule has 0 amide bonds. The van der Waals surface area contributed by atoms with Crippen molar-refractivity contribution in [2.24, 2.45) is 17.8 Å². The molecule has 0 aromatic carbocycles. The molecule has 2 unspecified atom stereocenters. The zero-order valence-electron chi connectivity index (χ0n) is 10.7. The number of hydrogen-bond acceptors (Lipinski definition) is 1. The van der Waals surface area contributed by atoms with Gasteiger partial charge in [-0.3, -0.25) is 0 Å². The summed E-state index contributed by atoms with van der Waals surface area (Å²) in [5.41, 5.74) is 0.297. The van der Waals surface area contributed by atoms with Gasteiger partial charge in [-0.15, -0.1) is 0 Å². The van der Waals surface area contributed by atoms with Crippen molar-refractivity contribution < 1.29 is 0 Å². The summed E-state index contributed by atoms with van der Waals surface area (Å²) in [5, 5.41) is 3.70. The van der Waals surface area contributed by atoms with Crippen LogP contribution < -0.4 is 5.32 Å². The van der Waals surface area contributed by atoms with Gasteiger partial charge in [0.25, 0.3) is 0 Å². The minimum atomic E-state index is 0.297. The van der Waals surface area contributed by atoms with Crippen molar-refractivity contribution >= 4 is 0 Å². The highest BCUT2D eigenvalue weighted by molar-refractivity contribution is 4.89. The molecule has 15 heavy (non-hydrogen) atoms. The number of hydrogen-bond donors (Lipinski definition) is 1. The predicted molar refractivity (Wildman–Crippen MR) is 65.9 cm³/mol. The molecule has 2 aliphatic carbocycles. The van der Waals surface area contributed by atoms with Crippen molar-refractivity contribution in [1.29, 1.82) is 0 Å². The third-order valence-corrected chi connectivity index (χ3v) is 4.09. The summed E-state index contributed by atoms with van der Waals surface area (Å²) in [7, 11) is 0. The van der Waals surface area contributed by atoms with E-state index in [9.17, 15) is 0 Å². The molecule has 0 aliphatic heterocycles. The lowest BCUT2D eigenvalue weighted by Crippen LogP contribution is -2.41. The maximum atomic E-state index is 3.70. The Morgan fingerprint density at radius 2 is 1.67 bits per heavy atom. The van der Waals surface area contributed by atoms with Gasteiger partial charge in [0.2, 0.25) is 0 Å². The first-order chi connectivity index (χ1) is 7.06. The first-order valence-electron chi connectivity index (χ1n) is 6.81. The Labute approximate surface area is 95.0 Å². The van der Waals surface area contributed by atoms with E-state index in [1.807, 2.05) is 0 Å². The van der Waals surface area contributed by atoms with Crippen LogP contribution in [0.15, 0.2) is 0 Å². The lowest BCUT2D eigenvalue weighted by atomic mass is 9.76. The van der Waals surface area contributed by atoms with Gasteiger partial charge in [0, 0.05) is 5.54 Å². The molecule has 0 spiro atoms. The van der Waals surface area contributed by atoms with Crippen LogP contribution in [0.1, 0.15) is 59.3 Å². The standard InChI is InChI=1S/C14H27N/c1-14(2,3)15-10-12-6-4-5-7-13(12)11-8-9-11/h11-13,15H,4-10H2,1-3H3. The van der Waals surface area contributed by atoms with Gasteiger partial charge in [0.1, 0.15) is 0 Å². The molecule has 1 nitrogen and oxygen atoms in total. The third kappa shape index (κ3) is 3.48. The van der Waals surface area contributed by atoms with Crippen LogP contribution in [0.2, 0.25) is 0 Å². The maximum absolute atomic E-state index is 3.70. The van der Waals surface area contributed by atoms with Gasteiger partial charge >= 0.3 is 0 Å². The van der Waals surface area contributed by atoms with E-state index in [1.54, 1.807) is 0 Å². The molecule has 2 rings (SSSR count). The molecule has 0 aromatic heterocycles. The molecule has 0 heterocycles. The minimum Gasteiger partial charge on any atom is -0.312 e. The first-order valence-corrected chi connectivity index (χ1v) is 6.81. The summed E-state index contributed by atoms with van der Waals surface area (Å²) in [4.78, 5) is 0. The van der Waals surface area contributed by atoms with Crippen LogP contribution in [0.3, 0.4) is 0 Å². The van der Waals surface area contributed by atoms with E-state index in [0.29, 0.717) is 5.54 Å². The summed E-state index contributed by atoms with van der Waals surface area (Å²) in [6, 6.07) is 0. The molecule has 0 saturated heterocycles. The van der Waals surface area contributed by atoms with Crippen LogP contribution in [0.5, 0.6) is 0 Å². The third-order valence-electron chi connectivity index (χ3n) is 4.09. The summed E-state index contributed by atoms with van der Waals surface area (Å²) in [6.07, 6.45) is 9.01. The van der Waals surface area contributed by atoms with E-state index < -0.39 is 0 Å². The Morgan fingerprint density at radius 3 is 2.27 bits per heavy atom. The van der Waals surface area contributed by atoms with Gasteiger partial charge in [0.05, 0.1) is 0 Å². The molecule has 1 heteroatoms. The van der Waals surface area contributed by atoms with Crippen molar-refractivity contribution in [3.05, 3.63) is 0 Å². The SMILES string of the molecule is CC(C)(C)NCC1CCCCC1C1CC1. The highest BCUT2D eigenvalue weighted by Gasteiger charge is 2.37. The minimum absolute atomic E-state index is 0.297. The van der Waals surface area contributed by atoms with Crippen LogP contribution in [0, 0.1) is 17.8 Å². The van der Waals surface area contributed by atoms with Crippen molar-refractivity contribution in [1.82, 2.24) is 5.32 Å². The molecule has 2 saturated carbocycles. The van der Waals surface area contributed by atoms with E-state index in [2.05, 4.69) is 26.1 Å². The highest BCUT2D eigenvalue weighted by Crippen LogP contribution is 2.46. The lowest BCUT2D eigenvalue weighted by Gasteiger charge is -2.34. The average Bonchev–Trinajstić information content (AvgIpc) is 2.97. The lowest BCUT2D eigenvalue weighted by molar-refractivity contribution is 0.192. The molecule has 2 fully saturated rings. The van der Waals surface area contributed by atoms with Crippen LogP contribution in [0.4, 0.5) is 0 Å². The number of rotatable bonds is 3. The number of nitrogens with one attached hydrogen (secondary N) is 1. The second-order valence-corrected chi connectivity index (χ2v) is 6.68. The molecule has 0 aromatic rings. The molecule has 2 aliphatic rings. The summed E-state index contributed by atoms with van der Waals surface area (Å²) < 4.78 is 0. The van der Waals surface area contributed by atoms with Gasteiger partial charge in [-0.05, 0) is 70.8 Å². The largest absolute Gasteiger partial charge is 0.312 e. The van der Waals surface area contributed by atoms with Gasteiger partial charge in [-0.25, -0.2) is 0 Å². The van der Waals surface area contributed by atoms with E-state index in [-0.39, 0.29) is 0 Å².